The highest BCUT2D eigenvalue weighted by atomic mass is 16.2. The summed E-state index contributed by atoms with van der Waals surface area (Å²) in [5.74, 6) is -0.809. The molecule has 0 radical (unpaired) electrons. The van der Waals surface area contributed by atoms with Crippen molar-refractivity contribution in [1.82, 2.24) is 9.88 Å². The molecule has 0 unspecified atom stereocenters. The van der Waals surface area contributed by atoms with E-state index < -0.39 is 11.9 Å². The molecule has 2 aromatic rings. The van der Waals surface area contributed by atoms with Gasteiger partial charge < -0.3 is 15.6 Å². The Hall–Kier alpha value is -2.30. The molecule has 0 bridgehead atoms. The summed E-state index contributed by atoms with van der Waals surface area (Å²) in [5.41, 5.74) is 7.04. The van der Waals surface area contributed by atoms with Gasteiger partial charge in [-0.25, -0.2) is 0 Å². The molecule has 0 aliphatic rings. The molecule has 1 aromatic heterocycles. The lowest BCUT2D eigenvalue weighted by atomic mass is 10.0. The summed E-state index contributed by atoms with van der Waals surface area (Å²) in [7, 11) is 0. The first-order chi connectivity index (χ1) is 11.5. The highest BCUT2D eigenvalue weighted by molar-refractivity contribution is 6.00. The molecule has 24 heavy (non-hydrogen) atoms. The molecule has 3 N–H and O–H groups in total. The van der Waals surface area contributed by atoms with Gasteiger partial charge in [-0.05, 0) is 24.5 Å². The number of carbonyl (C=O) groups is 2. The van der Waals surface area contributed by atoms with E-state index in [1.165, 1.54) is 0 Å². The third-order valence-electron chi connectivity index (χ3n) is 4.29. The number of amides is 2. The van der Waals surface area contributed by atoms with Crippen LogP contribution in [0.5, 0.6) is 0 Å². The fraction of sp³-hybridized carbons (Fsp3) is 0.474. The van der Waals surface area contributed by atoms with Gasteiger partial charge in [0.1, 0.15) is 11.7 Å². The number of hydrogen-bond acceptors (Lipinski definition) is 2. The minimum atomic E-state index is -0.667. The summed E-state index contributed by atoms with van der Waals surface area (Å²) < 4.78 is 2.04. The van der Waals surface area contributed by atoms with Crippen LogP contribution >= 0.6 is 0 Å². The van der Waals surface area contributed by atoms with Gasteiger partial charge in [0, 0.05) is 17.4 Å². The first-order valence-electron chi connectivity index (χ1n) is 8.64. The second kappa shape index (κ2) is 7.99. The standard InChI is InChI=1S/C19H27N3O2/c1-4-5-8-11-22-15-10-7-6-9-14(15)12-16(22)19(24)21-17(13(2)3)18(20)23/h6-7,9-10,12-13,17H,4-5,8,11H2,1-3H3,(H2,20,23)(H,21,24)/t17-/m0/s1. The monoisotopic (exact) mass is 329 g/mol. The molecule has 130 valence electrons. The zero-order valence-corrected chi connectivity index (χ0v) is 14.7. The molecule has 0 saturated carbocycles. The molecule has 0 fully saturated rings. The van der Waals surface area contributed by atoms with Gasteiger partial charge in [0.05, 0.1) is 0 Å². The molecular weight excluding hydrogens is 302 g/mol. The van der Waals surface area contributed by atoms with Crippen LogP contribution in [0.25, 0.3) is 10.9 Å². The molecule has 0 spiro atoms. The van der Waals surface area contributed by atoms with Crippen molar-refractivity contribution in [3.05, 3.63) is 36.0 Å². The molecule has 2 amide bonds. The van der Waals surface area contributed by atoms with Crippen LogP contribution in [0.15, 0.2) is 30.3 Å². The maximum atomic E-state index is 12.7. The summed E-state index contributed by atoms with van der Waals surface area (Å²) in [6, 6.07) is 9.17. The van der Waals surface area contributed by atoms with Crippen molar-refractivity contribution in [2.24, 2.45) is 11.7 Å². The Morgan fingerprint density at radius 1 is 1.21 bits per heavy atom. The van der Waals surface area contributed by atoms with Crippen molar-refractivity contribution < 1.29 is 9.59 Å². The van der Waals surface area contributed by atoms with E-state index in [4.69, 9.17) is 5.73 Å². The second-order valence-corrected chi connectivity index (χ2v) is 6.54. The van der Waals surface area contributed by atoms with Crippen LogP contribution in [0.4, 0.5) is 0 Å². The van der Waals surface area contributed by atoms with E-state index in [1.54, 1.807) is 0 Å². The largest absolute Gasteiger partial charge is 0.368 e. The van der Waals surface area contributed by atoms with E-state index in [2.05, 4.69) is 12.2 Å². The molecule has 1 atom stereocenters. The Kier molecular flexibility index (Phi) is 6.01. The summed E-state index contributed by atoms with van der Waals surface area (Å²) in [6.07, 6.45) is 3.25. The third-order valence-corrected chi connectivity index (χ3v) is 4.29. The van der Waals surface area contributed by atoms with Crippen molar-refractivity contribution >= 4 is 22.7 Å². The quantitative estimate of drug-likeness (QED) is 0.730. The second-order valence-electron chi connectivity index (χ2n) is 6.54. The number of nitrogens with zero attached hydrogens (tertiary/aromatic N) is 1. The van der Waals surface area contributed by atoms with Gasteiger partial charge in [-0.15, -0.1) is 0 Å². The molecule has 0 aliphatic carbocycles. The van der Waals surface area contributed by atoms with Gasteiger partial charge in [0.25, 0.3) is 5.91 Å². The SMILES string of the molecule is CCCCCn1c(C(=O)N[C@H](C(N)=O)C(C)C)cc2ccccc21. The molecule has 5 nitrogen and oxygen atoms in total. The van der Waals surface area contributed by atoms with Crippen LogP contribution in [0.3, 0.4) is 0 Å². The summed E-state index contributed by atoms with van der Waals surface area (Å²) in [6.45, 7) is 6.67. The minimum absolute atomic E-state index is 0.0515. The lowest BCUT2D eigenvalue weighted by Gasteiger charge is -2.19. The number of hydrogen-bond donors (Lipinski definition) is 2. The van der Waals surface area contributed by atoms with Gasteiger partial charge in [-0.1, -0.05) is 51.8 Å². The molecular formula is C19H27N3O2. The highest BCUT2D eigenvalue weighted by Gasteiger charge is 2.24. The van der Waals surface area contributed by atoms with E-state index in [-0.39, 0.29) is 11.8 Å². The molecule has 0 saturated heterocycles. The van der Waals surface area contributed by atoms with E-state index in [0.717, 1.165) is 36.7 Å². The summed E-state index contributed by atoms with van der Waals surface area (Å²) in [4.78, 5) is 24.3. The number of fused-ring (bicyclic) bond motifs is 1. The number of nitrogens with two attached hydrogens (primary N) is 1. The summed E-state index contributed by atoms with van der Waals surface area (Å²) >= 11 is 0. The number of aromatic nitrogens is 1. The Bertz CT molecular complexity index is 718. The number of primary amides is 1. The van der Waals surface area contributed by atoms with E-state index >= 15 is 0 Å². The Balaban J connectivity index is 2.33. The Labute approximate surface area is 143 Å². The van der Waals surface area contributed by atoms with Crippen LogP contribution in [0, 0.1) is 5.92 Å². The van der Waals surface area contributed by atoms with Crippen molar-refractivity contribution in [2.45, 2.75) is 52.6 Å². The number of unbranched alkanes of at least 4 members (excludes halogenated alkanes) is 2. The van der Waals surface area contributed by atoms with E-state index in [9.17, 15) is 9.59 Å². The zero-order valence-electron chi connectivity index (χ0n) is 14.7. The lowest BCUT2D eigenvalue weighted by Crippen LogP contribution is -2.48. The molecule has 1 heterocycles. The fourth-order valence-corrected chi connectivity index (χ4v) is 2.94. The number of para-hydroxylation sites is 1. The van der Waals surface area contributed by atoms with Crippen LogP contribution in [0.1, 0.15) is 50.5 Å². The normalized spacial score (nSPS) is 12.5. The first-order valence-corrected chi connectivity index (χ1v) is 8.64. The highest BCUT2D eigenvalue weighted by Crippen LogP contribution is 2.21. The van der Waals surface area contributed by atoms with Gasteiger partial charge in [-0.3, -0.25) is 9.59 Å². The summed E-state index contributed by atoms with van der Waals surface area (Å²) in [5, 5.41) is 3.82. The predicted molar refractivity (Wildman–Crippen MR) is 96.7 cm³/mol. The Morgan fingerprint density at radius 2 is 1.92 bits per heavy atom. The van der Waals surface area contributed by atoms with E-state index in [1.807, 2.05) is 48.7 Å². The fourth-order valence-electron chi connectivity index (χ4n) is 2.94. The van der Waals surface area contributed by atoms with Crippen molar-refractivity contribution in [3.8, 4) is 0 Å². The van der Waals surface area contributed by atoms with Gasteiger partial charge in [0.2, 0.25) is 5.91 Å². The van der Waals surface area contributed by atoms with Crippen molar-refractivity contribution in [3.63, 3.8) is 0 Å². The van der Waals surface area contributed by atoms with Gasteiger partial charge in [-0.2, -0.15) is 0 Å². The van der Waals surface area contributed by atoms with Gasteiger partial charge >= 0.3 is 0 Å². The van der Waals surface area contributed by atoms with Crippen LogP contribution < -0.4 is 11.1 Å². The predicted octanol–water partition coefficient (Wildman–Crippen LogP) is 3.07. The lowest BCUT2D eigenvalue weighted by molar-refractivity contribution is -0.120. The number of nitrogens with one attached hydrogen (secondary N) is 1. The molecule has 0 aliphatic heterocycles. The smallest absolute Gasteiger partial charge is 0.268 e. The Morgan fingerprint density at radius 3 is 2.54 bits per heavy atom. The maximum absolute atomic E-state index is 12.7. The maximum Gasteiger partial charge on any atom is 0.268 e. The minimum Gasteiger partial charge on any atom is -0.368 e. The first kappa shape index (κ1) is 18.0. The zero-order chi connectivity index (χ0) is 17.7. The third kappa shape index (κ3) is 3.96. The van der Waals surface area contributed by atoms with Crippen LogP contribution in [-0.4, -0.2) is 22.4 Å². The molecule has 1 aromatic carbocycles. The van der Waals surface area contributed by atoms with Gasteiger partial charge in [0.15, 0.2) is 0 Å². The molecule has 2 rings (SSSR count). The van der Waals surface area contributed by atoms with Crippen molar-refractivity contribution in [1.29, 1.82) is 0 Å². The number of benzene rings is 1. The van der Waals surface area contributed by atoms with Crippen LogP contribution in [0.2, 0.25) is 0 Å². The number of aryl methyl sites for hydroxylation is 1. The van der Waals surface area contributed by atoms with Crippen molar-refractivity contribution in [2.75, 3.05) is 0 Å². The average molecular weight is 329 g/mol. The molecule has 5 heteroatoms. The number of rotatable bonds is 8. The average Bonchev–Trinajstić information content (AvgIpc) is 2.91. The number of carbonyl (C=O) groups excluding carboxylic acids is 2. The van der Waals surface area contributed by atoms with Crippen LogP contribution in [-0.2, 0) is 11.3 Å². The topological polar surface area (TPSA) is 77.1 Å². The van der Waals surface area contributed by atoms with E-state index in [0.29, 0.717) is 5.69 Å².